The Morgan fingerprint density at radius 2 is 2.10 bits per heavy atom. The molecule has 0 radical (unpaired) electrons. The fourth-order valence-electron chi connectivity index (χ4n) is 3.59. The fraction of sp³-hybridized carbons (Fsp3) is 0.588. The Kier molecular flexibility index (Phi) is 4.27. The highest BCUT2D eigenvalue weighted by Gasteiger charge is 2.34. The number of ether oxygens (including phenoxy) is 1. The van der Waals surface area contributed by atoms with Crippen molar-refractivity contribution in [1.82, 2.24) is 5.32 Å². The van der Waals surface area contributed by atoms with Crippen LogP contribution in [0, 0.1) is 0 Å². The van der Waals surface area contributed by atoms with E-state index in [1.54, 1.807) is 0 Å². The number of benzene rings is 1. The fourth-order valence-corrected chi connectivity index (χ4v) is 3.59. The SMILES string of the molecule is NCC1(NC(=O)CC2OCCc3ccccc32)CCCC1. The summed E-state index contributed by atoms with van der Waals surface area (Å²) in [5, 5.41) is 3.18. The first-order valence-electron chi connectivity index (χ1n) is 7.93. The lowest BCUT2D eigenvalue weighted by Crippen LogP contribution is -2.52. The maximum atomic E-state index is 12.4. The van der Waals surface area contributed by atoms with Gasteiger partial charge in [-0.1, -0.05) is 37.1 Å². The quantitative estimate of drug-likeness (QED) is 0.891. The van der Waals surface area contributed by atoms with E-state index in [2.05, 4.69) is 17.4 Å². The lowest BCUT2D eigenvalue weighted by molar-refractivity contribution is -0.126. The van der Waals surface area contributed by atoms with Crippen LogP contribution in [-0.2, 0) is 16.0 Å². The zero-order valence-electron chi connectivity index (χ0n) is 12.4. The molecular formula is C17H24N2O2. The minimum absolute atomic E-state index is 0.0593. The van der Waals surface area contributed by atoms with E-state index in [4.69, 9.17) is 10.5 Å². The summed E-state index contributed by atoms with van der Waals surface area (Å²) in [6, 6.07) is 8.25. The minimum atomic E-state index is -0.175. The van der Waals surface area contributed by atoms with Gasteiger partial charge in [0.2, 0.25) is 5.91 Å². The van der Waals surface area contributed by atoms with Gasteiger partial charge in [0.1, 0.15) is 0 Å². The molecule has 0 bridgehead atoms. The van der Waals surface area contributed by atoms with E-state index in [-0.39, 0.29) is 17.6 Å². The van der Waals surface area contributed by atoms with Gasteiger partial charge in [0.05, 0.1) is 24.7 Å². The topological polar surface area (TPSA) is 64.3 Å². The summed E-state index contributed by atoms with van der Waals surface area (Å²) in [5.41, 5.74) is 8.17. The monoisotopic (exact) mass is 288 g/mol. The van der Waals surface area contributed by atoms with E-state index < -0.39 is 0 Å². The van der Waals surface area contributed by atoms with Crippen molar-refractivity contribution < 1.29 is 9.53 Å². The molecule has 1 amide bonds. The maximum absolute atomic E-state index is 12.4. The van der Waals surface area contributed by atoms with Gasteiger partial charge in [-0.3, -0.25) is 4.79 Å². The Hall–Kier alpha value is -1.39. The van der Waals surface area contributed by atoms with Crippen molar-refractivity contribution in [3.63, 3.8) is 0 Å². The summed E-state index contributed by atoms with van der Waals surface area (Å²) in [5.74, 6) is 0.0593. The van der Waals surface area contributed by atoms with Crippen molar-refractivity contribution in [1.29, 1.82) is 0 Å². The largest absolute Gasteiger partial charge is 0.373 e. The predicted molar refractivity (Wildman–Crippen MR) is 81.9 cm³/mol. The van der Waals surface area contributed by atoms with Crippen LogP contribution in [-0.4, -0.2) is 24.6 Å². The highest BCUT2D eigenvalue weighted by atomic mass is 16.5. The number of carbonyl (C=O) groups excluding carboxylic acids is 1. The number of rotatable bonds is 4. The first-order chi connectivity index (χ1) is 10.2. The smallest absolute Gasteiger partial charge is 0.223 e. The molecule has 1 fully saturated rings. The second kappa shape index (κ2) is 6.16. The van der Waals surface area contributed by atoms with Gasteiger partial charge in [0, 0.05) is 6.54 Å². The molecule has 1 unspecified atom stereocenters. The van der Waals surface area contributed by atoms with Gasteiger partial charge in [-0.2, -0.15) is 0 Å². The number of carbonyl (C=O) groups is 1. The third kappa shape index (κ3) is 3.11. The number of nitrogens with one attached hydrogen (secondary N) is 1. The predicted octanol–water partition coefficient (Wildman–Crippen LogP) is 2.08. The molecule has 0 aromatic heterocycles. The van der Waals surface area contributed by atoms with Crippen LogP contribution in [0.2, 0.25) is 0 Å². The third-order valence-electron chi connectivity index (χ3n) is 4.82. The molecule has 2 aliphatic rings. The molecule has 3 N–H and O–H groups in total. The molecule has 1 aromatic rings. The van der Waals surface area contributed by atoms with Gasteiger partial charge in [-0.05, 0) is 30.4 Å². The van der Waals surface area contributed by atoms with Crippen LogP contribution in [0.5, 0.6) is 0 Å². The van der Waals surface area contributed by atoms with E-state index >= 15 is 0 Å². The Bertz CT molecular complexity index is 509. The average molecular weight is 288 g/mol. The average Bonchev–Trinajstić information content (AvgIpc) is 2.96. The third-order valence-corrected chi connectivity index (χ3v) is 4.82. The van der Waals surface area contributed by atoms with Crippen LogP contribution in [0.4, 0.5) is 0 Å². The van der Waals surface area contributed by atoms with Gasteiger partial charge >= 0.3 is 0 Å². The second-order valence-electron chi connectivity index (χ2n) is 6.25. The van der Waals surface area contributed by atoms with Gasteiger partial charge in [0.15, 0.2) is 0 Å². The molecule has 3 rings (SSSR count). The number of fused-ring (bicyclic) bond motifs is 1. The van der Waals surface area contributed by atoms with Crippen LogP contribution in [0.3, 0.4) is 0 Å². The molecule has 0 saturated heterocycles. The Morgan fingerprint density at radius 3 is 2.86 bits per heavy atom. The summed E-state index contributed by atoms with van der Waals surface area (Å²) in [4.78, 5) is 12.4. The maximum Gasteiger partial charge on any atom is 0.223 e. The summed E-state index contributed by atoms with van der Waals surface area (Å²) < 4.78 is 5.81. The van der Waals surface area contributed by atoms with Crippen molar-refractivity contribution in [2.45, 2.75) is 50.2 Å². The zero-order valence-corrected chi connectivity index (χ0v) is 12.4. The van der Waals surface area contributed by atoms with Crippen LogP contribution in [0.25, 0.3) is 0 Å². The van der Waals surface area contributed by atoms with Crippen molar-refractivity contribution in [3.05, 3.63) is 35.4 Å². The van der Waals surface area contributed by atoms with Crippen molar-refractivity contribution in [2.24, 2.45) is 5.73 Å². The molecule has 1 atom stereocenters. The van der Waals surface area contributed by atoms with Crippen LogP contribution in [0.1, 0.15) is 49.3 Å². The van der Waals surface area contributed by atoms with E-state index in [0.717, 1.165) is 37.7 Å². The summed E-state index contributed by atoms with van der Waals surface area (Å²) >= 11 is 0. The van der Waals surface area contributed by atoms with Crippen molar-refractivity contribution >= 4 is 5.91 Å². The molecule has 0 spiro atoms. The van der Waals surface area contributed by atoms with Crippen LogP contribution in [0.15, 0.2) is 24.3 Å². The highest BCUT2D eigenvalue weighted by molar-refractivity contribution is 5.77. The molecular weight excluding hydrogens is 264 g/mol. The van der Waals surface area contributed by atoms with E-state index in [9.17, 15) is 4.79 Å². The van der Waals surface area contributed by atoms with Crippen molar-refractivity contribution in [3.8, 4) is 0 Å². The van der Waals surface area contributed by atoms with Gasteiger partial charge in [0.25, 0.3) is 0 Å². The second-order valence-corrected chi connectivity index (χ2v) is 6.25. The molecule has 114 valence electrons. The molecule has 1 aliphatic carbocycles. The Morgan fingerprint density at radius 1 is 1.33 bits per heavy atom. The Balaban J connectivity index is 1.66. The summed E-state index contributed by atoms with van der Waals surface area (Å²) in [6.07, 6.45) is 5.50. The van der Waals surface area contributed by atoms with Crippen LogP contribution >= 0.6 is 0 Å². The molecule has 1 aromatic carbocycles. The lowest BCUT2D eigenvalue weighted by Gasteiger charge is -2.31. The summed E-state index contributed by atoms with van der Waals surface area (Å²) in [6.45, 7) is 1.22. The van der Waals surface area contributed by atoms with Gasteiger partial charge in [-0.15, -0.1) is 0 Å². The molecule has 21 heavy (non-hydrogen) atoms. The van der Waals surface area contributed by atoms with Crippen molar-refractivity contribution in [2.75, 3.05) is 13.2 Å². The lowest BCUT2D eigenvalue weighted by atomic mass is 9.94. The molecule has 4 heteroatoms. The van der Waals surface area contributed by atoms with Crippen LogP contribution < -0.4 is 11.1 Å². The minimum Gasteiger partial charge on any atom is -0.373 e. The number of hydrogen-bond donors (Lipinski definition) is 2. The number of hydrogen-bond acceptors (Lipinski definition) is 3. The standard InChI is InChI=1S/C17H24N2O2/c18-12-17(8-3-4-9-17)19-16(20)11-15-14-6-2-1-5-13(14)7-10-21-15/h1-2,5-6,15H,3-4,7-12,18H2,(H,19,20). The van der Waals surface area contributed by atoms with Gasteiger partial charge in [-0.25, -0.2) is 0 Å². The molecule has 1 saturated carbocycles. The first-order valence-corrected chi connectivity index (χ1v) is 7.93. The zero-order chi connectivity index (χ0) is 14.7. The van der Waals surface area contributed by atoms with E-state index in [1.807, 2.05) is 12.1 Å². The summed E-state index contributed by atoms with van der Waals surface area (Å²) in [7, 11) is 0. The Labute approximate surface area is 126 Å². The first kappa shape index (κ1) is 14.5. The van der Waals surface area contributed by atoms with E-state index in [1.165, 1.54) is 5.56 Å². The molecule has 1 heterocycles. The normalized spacial score (nSPS) is 23.6. The highest BCUT2D eigenvalue weighted by Crippen LogP contribution is 2.31. The number of amides is 1. The molecule has 4 nitrogen and oxygen atoms in total. The van der Waals surface area contributed by atoms with Gasteiger partial charge < -0.3 is 15.8 Å². The molecule has 1 aliphatic heterocycles. The van der Waals surface area contributed by atoms with E-state index in [0.29, 0.717) is 19.6 Å². The number of nitrogens with two attached hydrogens (primary N) is 1.